The Morgan fingerprint density at radius 2 is 2.24 bits per heavy atom. The van der Waals surface area contributed by atoms with Gasteiger partial charge < -0.3 is 10.4 Å². The molecule has 2 N–H and O–H groups in total. The third-order valence-corrected chi connectivity index (χ3v) is 3.45. The fourth-order valence-electron chi connectivity index (χ4n) is 2.28. The van der Waals surface area contributed by atoms with Crippen molar-refractivity contribution in [2.45, 2.75) is 38.6 Å². The van der Waals surface area contributed by atoms with Crippen molar-refractivity contribution in [3.8, 4) is 6.07 Å². The third kappa shape index (κ3) is 2.11. The second-order valence-corrected chi connectivity index (χ2v) is 4.80. The van der Waals surface area contributed by atoms with E-state index in [4.69, 9.17) is 5.26 Å². The first-order chi connectivity index (χ1) is 8.10. The molecule has 0 saturated heterocycles. The molecule has 1 aliphatic rings. The van der Waals surface area contributed by atoms with Gasteiger partial charge in [0.2, 0.25) is 0 Å². The van der Waals surface area contributed by atoms with E-state index >= 15 is 0 Å². The van der Waals surface area contributed by atoms with Crippen LogP contribution in [-0.4, -0.2) is 22.2 Å². The van der Waals surface area contributed by atoms with E-state index in [1.807, 2.05) is 19.9 Å². The molecule has 0 aromatic carbocycles. The van der Waals surface area contributed by atoms with Gasteiger partial charge in [0, 0.05) is 5.69 Å². The van der Waals surface area contributed by atoms with E-state index in [1.165, 1.54) is 0 Å². The summed E-state index contributed by atoms with van der Waals surface area (Å²) >= 11 is 0. The van der Waals surface area contributed by atoms with E-state index in [-0.39, 0.29) is 12.1 Å². The lowest BCUT2D eigenvalue weighted by Crippen LogP contribution is -2.48. The molecule has 1 saturated carbocycles. The van der Waals surface area contributed by atoms with E-state index in [9.17, 15) is 5.11 Å². The van der Waals surface area contributed by atoms with Crippen LogP contribution in [0.25, 0.3) is 0 Å². The number of aromatic nitrogens is 1. The lowest BCUT2D eigenvalue weighted by Gasteiger charge is -2.42. The van der Waals surface area contributed by atoms with E-state index < -0.39 is 0 Å². The summed E-state index contributed by atoms with van der Waals surface area (Å²) in [5.74, 6) is 0. The van der Waals surface area contributed by atoms with Crippen molar-refractivity contribution >= 4 is 5.69 Å². The zero-order valence-corrected chi connectivity index (χ0v) is 10.2. The van der Waals surface area contributed by atoms with Crippen molar-refractivity contribution < 1.29 is 5.11 Å². The maximum Gasteiger partial charge on any atom is 0.103 e. The molecule has 0 radical (unpaired) electrons. The number of hydrogen-bond donors (Lipinski definition) is 2. The Bertz CT molecular complexity index is 467. The van der Waals surface area contributed by atoms with Crippen LogP contribution in [0.2, 0.25) is 0 Å². The van der Waals surface area contributed by atoms with Crippen LogP contribution in [0, 0.1) is 25.2 Å². The molecule has 0 unspecified atom stereocenters. The topological polar surface area (TPSA) is 68.9 Å². The fraction of sp³-hybridized carbons (Fsp3) is 0.538. The number of nitriles is 1. The normalized spacial score (nSPS) is 17.1. The Balaban J connectivity index is 2.35. The lowest BCUT2D eigenvalue weighted by atomic mass is 9.77. The summed E-state index contributed by atoms with van der Waals surface area (Å²) in [6.07, 6.45) is 3.03. The molecule has 4 heteroatoms. The highest BCUT2D eigenvalue weighted by Gasteiger charge is 2.36. The molecule has 0 aliphatic heterocycles. The Morgan fingerprint density at radius 3 is 2.71 bits per heavy atom. The number of anilines is 1. The largest absolute Gasteiger partial charge is 0.394 e. The molecular formula is C13H17N3O. The fourth-order valence-corrected chi connectivity index (χ4v) is 2.28. The average Bonchev–Trinajstić information content (AvgIpc) is 2.23. The summed E-state index contributed by atoms with van der Waals surface area (Å²) < 4.78 is 0. The van der Waals surface area contributed by atoms with Crippen LogP contribution in [0.4, 0.5) is 5.69 Å². The zero-order valence-electron chi connectivity index (χ0n) is 10.2. The molecule has 1 aromatic heterocycles. The maximum atomic E-state index is 9.44. The molecule has 2 rings (SSSR count). The predicted octanol–water partition coefficient (Wildman–Crippen LogP) is 1.90. The van der Waals surface area contributed by atoms with Crippen LogP contribution in [0.15, 0.2) is 6.07 Å². The summed E-state index contributed by atoms with van der Waals surface area (Å²) in [5.41, 5.74) is 2.77. The second-order valence-electron chi connectivity index (χ2n) is 4.80. The molecule has 17 heavy (non-hydrogen) atoms. The summed E-state index contributed by atoms with van der Waals surface area (Å²) in [7, 11) is 0. The van der Waals surface area contributed by atoms with Crippen molar-refractivity contribution in [1.82, 2.24) is 4.98 Å². The van der Waals surface area contributed by atoms with Gasteiger partial charge >= 0.3 is 0 Å². The van der Waals surface area contributed by atoms with Crippen LogP contribution in [0.5, 0.6) is 0 Å². The summed E-state index contributed by atoms with van der Waals surface area (Å²) in [6.45, 7) is 3.85. The lowest BCUT2D eigenvalue weighted by molar-refractivity contribution is 0.144. The van der Waals surface area contributed by atoms with Crippen LogP contribution in [0.1, 0.15) is 36.2 Å². The van der Waals surface area contributed by atoms with E-state index in [0.29, 0.717) is 5.56 Å². The van der Waals surface area contributed by atoms with Gasteiger partial charge in [-0.05, 0) is 39.2 Å². The Morgan fingerprint density at radius 1 is 1.53 bits per heavy atom. The quantitative estimate of drug-likeness (QED) is 0.833. The van der Waals surface area contributed by atoms with Gasteiger partial charge in [-0.25, -0.2) is 0 Å². The molecule has 1 fully saturated rings. The van der Waals surface area contributed by atoms with Gasteiger partial charge in [0.05, 0.1) is 29.1 Å². The first-order valence-corrected chi connectivity index (χ1v) is 5.88. The predicted molar refractivity (Wildman–Crippen MR) is 65.7 cm³/mol. The van der Waals surface area contributed by atoms with Gasteiger partial charge in [-0.3, -0.25) is 4.98 Å². The van der Waals surface area contributed by atoms with Gasteiger partial charge in [-0.1, -0.05) is 0 Å². The minimum absolute atomic E-state index is 0.109. The highest BCUT2D eigenvalue weighted by Crippen LogP contribution is 2.36. The SMILES string of the molecule is Cc1cc(NC2(CO)CCC2)c(C#N)c(C)n1. The monoisotopic (exact) mass is 231 g/mol. The molecule has 1 heterocycles. The number of aryl methyl sites for hydroxylation is 2. The number of pyridine rings is 1. The average molecular weight is 231 g/mol. The zero-order chi connectivity index (χ0) is 12.5. The molecule has 90 valence electrons. The third-order valence-electron chi connectivity index (χ3n) is 3.45. The second kappa shape index (κ2) is 4.34. The van der Waals surface area contributed by atoms with Crippen LogP contribution >= 0.6 is 0 Å². The number of nitrogens with zero attached hydrogens (tertiary/aromatic N) is 2. The van der Waals surface area contributed by atoms with Gasteiger partial charge in [0.1, 0.15) is 6.07 Å². The summed E-state index contributed by atoms with van der Waals surface area (Å²) in [4.78, 5) is 4.28. The number of nitrogens with one attached hydrogen (secondary N) is 1. The molecule has 0 bridgehead atoms. The highest BCUT2D eigenvalue weighted by atomic mass is 16.3. The molecule has 4 nitrogen and oxygen atoms in total. The van der Waals surface area contributed by atoms with Crippen molar-refractivity contribution in [3.05, 3.63) is 23.0 Å². The molecule has 1 aromatic rings. The van der Waals surface area contributed by atoms with Crippen molar-refractivity contribution in [1.29, 1.82) is 5.26 Å². The van der Waals surface area contributed by atoms with Gasteiger partial charge in [-0.2, -0.15) is 5.26 Å². The summed E-state index contributed by atoms with van der Waals surface area (Å²) in [6, 6.07) is 4.06. The molecular weight excluding hydrogens is 214 g/mol. The molecule has 0 amide bonds. The number of aliphatic hydroxyl groups is 1. The van der Waals surface area contributed by atoms with E-state index in [1.54, 1.807) is 0 Å². The molecule has 0 spiro atoms. The smallest absolute Gasteiger partial charge is 0.103 e. The molecule has 0 atom stereocenters. The van der Waals surface area contributed by atoms with Crippen molar-refractivity contribution in [3.63, 3.8) is 0 Å². The van der Waals surface area contributed by atoms with Gasteiger partial charge in [0.15, 0.2) is 0 Å². The number of hydrogen-bond acceptors (Lipinski definition) is 4. The van der Waals surface area contributed by atoms with Crippen molar-refractivity contribution in [2.24, 2.45) is 0 Å². The van der Waals surface area contributed by atoms with Crippen LogP contribution in [-0.2, 0) is 0 Å². The molecule has 1 aliphatic carbocycles. The Hall–Kier alpha value is -1.60. The highest BCUT2D eigenvalue weighted by molar-refractivity contribution is 5.61. The standard InChI is InChI=1S/C13H17N3O/c1-9-6-12(11(7-14)10(2)15-9)16-13(8-17)4-3-5-13/h6,17H,3-5,8H2,1-2H3,(H,15,16). The van der Waals surface area contributed by atoms with Crippen LogP contribution in [0.3, 0.4) is 0 Å². The van der Waals surface area contributed by atoms with Gasteiger partial charge in [-0.15, -0.1) is 0 Å². The maximum absolute atomic E-state index is 9.44. The van der Waals surface area contributed by atoms with Crippen molar-refractivity contribution in [2.75, 3.05) is 11.9 Å². The number of rotatable bonds is 3. The Labute approximate surface area is 101 Å². The van der Waals surface area contributed by atoms with E-state index in [0.717, 1.165) is 36.3 Å². The Kier molecular flexibility index (Phi) is 3.03. The van der Waals surface area contributed by atoms with Gasteiger partial charge in [0.25, 0.3) is 0 Å². The van der Waals surface area contributed by atoms with E-state index in [2.05, 4.69) is 16.4 Å². The first-order valence-electron chi connectivity index (χ1n) is 5.88. The minimum atomic E-state index is -0.230. The number of aliphatic hydroxyl groups excluding tert-OH is 1. The minimum Gasteiger partial charge on any atom is -0.394 e. The van der Waals surface area contributed by atoms with Crippen LogP contribution < -0.4 is 5.32 Å². The summed E-state index contributed by atoms with van der Waals surface area (Å²) in [5, 5.41) is 21.9. The first kappa shape index (κ1) is 11.9.